The van der Waals surface area contributed by atoms with Crippen LogP contribution in [0.3, 0.4) is 0 Å². The van der Waals surface area contributed by atoms with E-state index in [-0.39, 0.29) is 5.56 Å². The third kappa shape index (κ3) is 1.61. The fourth-order valence-corrected chi connectivity index (χ4v) is 1.60. The van der Waals surface area contributed by atoms with E-state index < -0.39 is 0 Å². The molecule has 4 heteroatoms. The molecule has 0 saturated heterocycles. The zero-order valence-electron chi connectivity index (χ0n) is 7.62. The van der Waals surface area contributed by atoms with Crippen LogP contribution in [0.15, 0.2) is 35.3 Å². The third-order valence-corrected chi connectivity index (χ3v) is 2.75. The third-order valence-electron chi connectivity index (χ3n) is 2.04. The molecular formula is C10H9IN2O. The van der Waals surface area contributed by atoms with Crippen molar-refractivity contribution in [2.75, 3.05) is 0 Å². The predicted octanol–water partition coefficient (Wildman–Crippen LogP) is 2.08. The SMILES string of the molecule is Cc1c[nH]n(-c2ccc(I)cc2)c1=O. The van der Waals surface area contributed by atoms with Crippen molar-refractivity contribution in [3.8, 4) is 5.69 Å². The Hall–Kier alpha value is -1.04. The smallest absolute Gasteiger partial charge is 0.274 e. The molecular weight excluding hydrogens is 291 g/mol. The molecule has 0 bridgehead atoms. The number of aryl methyl sites for hydroxylation is 1. The molecule has 0 spiro atoms. The molecule has 2 rings (SSSR count). The van der Waals surface area contributed by atoms with E-state index >= 15 is 0 Å². The van der Waals surface area contributed by atoms with Crippen LogP contribution in [0, 0.1) is 10.5 Å². The zero-order chi connectivity index (χ0) is 10.1. The van der Waals surface area contributed by atoms with Gasteiger partial charge in [-0.25, -0.2) is 4.68 Å². The van der Waals surface area contributed by atoms with E-state index in [4.69, 9.17) is 0 Å². The van der Waals surface area contributed by atoms with Crippen molar-refractivity contribution in [2.24, 2.45) is 0 Å². The van der Waals surface area contributed by atoms with E-state index in [0.717, 1.165) is 14.8 Å². The first-order valence-corrected chi connectivity index (χ1v) is 5.29. The molecule has 0 unspecified atom stereocenters. The number of rotatable bonds is 1. The first kappa shape index (κ1) is 9.51. The molecule has 0 aliphatic carbocycles. The Kier molecular flexibility index (Phi) is 2.45. The van der Waals surface area contributed by atoms with Gasteiger partial charge in [-0.3, -0.25) is 9.89 Å². The molecule has 0 fully saturated rings. The highest BCUT2D eigenvalue weighted by atomic mass is 127. The minimum atomic E-state index is 0.00575. The number of hydrogen-bond acceptors (Lipinski definition) is 1. The normalized spacial score (nSPS) is 10.4. The van der Waals surface area contributed by atoms with E-state index in [1.807, 2.05) is 24.3 Å². The molecule has 0 aliphatic rings. The molecule has 0 amide bonds. The van der Waals surface area contributed by atoms with E-state index in [2.05, 4.69) is 27.7 Å². The molecule has 1 N–H and O–H groups in total. The van der Waals surface area contributed by atoms with Crippen molar-refractivity contribution in [1.29, 1.82) is 0 Å². The number of aromatic nitrogens is 2. The minimum absolute atomic E-state index is 0.00575. The highest BCUT2D eigenvalue weighted by molar-refractivity contribution is 14.1. The van der Waals surface area contributed by atoms with Crippen molar-refractivity contribution >= 4 is 22.6 Å². The van der Waals surface area contributed by atoms with Crippen LogP contribution in [0.5, 0.6) is 0 Å². The van der Waals surface area contributed by atoms with Gasteiger partial charge in [-0.2, -0.15) is 0 Å². The largest absolute Gasteiger partial charge is 0.298 e. The predicted molar refractivity (Wildman–Crippen MR) is 63.8 cm³/mol. The maximum atomic E-state index is 11.6. The second-order valence-corrected chi connectivity index (χ2v) is 4.32. The van der Waals surface area contributed by atoms with Crippen LogP contribution >= 0.6 is 22.6 Å². The lowest BCUT2D eigenvalue weighted by atomic mass is 10.3. The van der Waals surface area contributed by atoms with Crippen LogP contribution in [0.2, 0.25) is 0 Å². The van der Waals surface area contributed by atoms with Crippen molar-refractivity contribution in [2.45, 2.75) is 6.92 Å². The average Bonchev–Trinajstić information content (AvgIpc) is 2.50. The number of benzene rings is 1. The van der Waals surface area contributed by atoms with Crippen LogP contribution < -0.4 is 5.56 Å². The van der Waals surface area contributed by atoms with Gasteiger partial charge >= 0.3 is 0 Å². The molecule has 1 aromatic carbocycles. The van der Waals surface area contributed by atoms with E-state index in [0.29, 0.717) is 0 Å². The van der Waals surface area contributed by atoms with Gasteiger partial charge < -0.3 is 0 Å². The number of halogens is 1. The summed E-state index contributed by atoms with van der Waals surface area (Å²) in [6.45, 7) is 1.79. The molecule has 0 atom stereocenters. The summed E-state index contributed by atoms with van der Waals surface area (Å²) in [7, 11) is 0. The lowest BCUT2D eigenvalue weighted by Gasteiger charge is -2.00. The Morgan fingerprint density at radius 3 is 2.43 bits per heavy atom. The molecule has 1 heterocycles. The molecule has 14 heavy (non-hydrogen) atoms. The van der Waals surface area contributed by atoms with Gasteiger partial charge in [-0.1, -0.05) is 0 Å². The van der Waals surface area contributed by atoms with Crippen molar-refractivity contribution < 1.29 is 0 Å². The summed E-state index contributed by atoms with van der Waals surface area (Å²) in [4.78, 5) is 11.6. The monoisotopic (exact) mass is 300 g/mol. The minimum Gasteiger partial charge on any atom is -0.298 e. The highest BCUT2D eigenvalue weighted by Gasteiger charge is 2.02. The summed E-state index contributed by atoms with van der Waals surface area (Å²) in [5.41, 5.74) is 1.60. The van der Waals surface area contributed by atoms with Gasteiger partial charge in [0.25, 0.3) is 5.56 Å². The average molecular weight is 300 g/mol. The molecule has 0 radical (unpaired) electrons. The molecule has 72 valence electrons. The van der Waals surface area contributed by atoms with Crippen LogP contribution in [0.4, 0.5) is 0 Å². The lowest BCUT2D eigenvalue weighted by Crippen LogP contribution is -2.15. The van der Waals surface area contributed by atoms with Gasteiger partial charge in [0.15, 0.2) is 0 Å². The maximum Gasteiger partial charge on any atom is 0.274 e. The van der Waals surface area contributed by atoms with Crippen molar-refractivity contribution in [1.82, 2.24) is 9.78 Å². The second-order valence-electron chi connectivity index (χ2n) is 3.07. The van der Waals surface area contributed by atoms with Crippen LogP contribution in [0.1, 0.15) is 5.56 Å². The Morgan fingerprint density at radius 1 is 1.29 bits per heavy atom. The summed E-state index contributed by atoms with van der Waals surface area (Å²) >= 11 is 2.23. The Morgan fingerprint density at radius 2 is 1.93 bits per heavy atom. The number of aromatic amines is 1. The van der Waals surface area contributed by atoms with E-state index in [9.17, 15) is 4.79 Å². The number of hydrogen-bond donors (Lipinski definition) is 1. The fourth-order valence-electron chi connectivity index (χ4n) is 1.24. The molecule has 3 nitrogen and oxygen atoms in total. The van der Waals surface area contributed by atoms with Gasteiger partial charge in [0.1, 0.15) is 0 Å². The van der Waals surface area contributed by atoms with Gasteiger partial charge in [0.2, 0.25) is 0 Å². The van der Waals surface area contributed by atoms with Crippen molar-refractivity contribution in [3.63, 3.8) is 0 Å². The van der Waals surface area contributed by atoms with Crippen LogP contribution in [0.25, 0.3) is 5.69 Å². The standard InChI is InChI=1S/C10H9IN2O/c1-7-6-12-13(10(7)14)9-4-2-8(11)3-5-9/h2-6,12H,1H3. The second kappa shape index (κ2) is 3.61. The molecule has 0 aliphatic heterocycles. The first-order valence-electron chi connectivity index (χ1n) is 4.21. The van der Waals surface area contributed by atoms with E-state index in [1.165, 1.54) is 4.68 Å². The van der Waals surface area contributed by atoms with E-state index in [1.54, 1.807) is 13.1 Å². The fraction of sp³-hybridized carbons (Fsp3) is 0.100. The van der Waals surface area contributed by atoms with Crippen LogP contribution in [-0.4, -0.2) is 9.78 Å². The lowest BCUT2D eigenvalue weighted by molar-refractivity contribution is 0.848. The van der Waals surface area contributed by atoms with Gasteiger partial charge in [0.05, 0.1) is 5.69 Å². The number of nitrogens with one attached hydrogen (secondary N) is 1. The number of nitrogens with zero attached hydrogens (tertiary/aromatic N) is 1. The highest BCUT2D eigenvalue weighted by Crippen LogP contribution is 2.08. The quantitative estimate of drug-likeness (QED) is 0.805. The summed E-state index contributed by atoms with van der Waals surface area (Å²) in [5, 5.41) is 2.91. The molecule has 2 aromatic rings. The topological polar surface area (TPSA) is 37.8 Å². The molecule has 1 aromatic heterocycles. The summed E-state index contributed by atoms with van der Waals surface area (Å²) in [6, 6.07) is 7.77. The summed E-state index contributed by atoms with van der Waals surface area (Å²) < 4.78 is 2.69. The summed E-state index contributed by atoms with van der Waals surface area (Å²) in [5.74, 6) is 0. The van der Waals surface area contributed by atoms with Gasteiger partial charge in [0, 0.05) is 15.3 Å². The Bertz CT molecular complexity index is 496. The molecule has 0 saturated carbocycles. The van der Waals surface area contributed by atoms with Crippen LogP contribution in [-0.2, 0) is 0 Å². The van der Waals surface area contributed by atoms with Gasteiger partial charge in [-0.05, 0) is 53.8 Å². The Labute approximate surface area is 94.9 Å². The Balaban J connectivity index is 2.55. The maximum absolute atomic E-state index is 11.6. The summed E-state index contributed by atoms with van der Waals surface area (Å²) in [6.07, 6.45) is 1.71. The number of H-pyrrole nitrogens is 1. The van der Waals surface area contributed by atoms with Gasteiger partial charge in [-0.15, -0.1) is 0 Å². The van der Waals surface area contributed by atoms with Crippen molar-refractivity contribution in [3.05, 3.63) is 49.9 Å². The first-order chi connectivity index (χ1) is 6.68. The zero-order valence-corrected chi connectivity index (χ0v) is 9.78.